The van der Waals surface area contributed by atoms with Crippen LogP contribution in [0.5, 0.6) is 0 Å². The van der Waals surface area contributed by atoms with Gasteiger partial charge in [-0.15, -0.1) is 10.2 Å². The molecule has 6 saturated heterocycles. The third-order valence-corrected chi connectivity index (χ3v) is 18.8. The van der Waals surface area contributed by atoms with Gasteiger partial charge in [0.1, 0.15) is 146 Å². The van der Waals surface area contributed by atoms with Crippen molar-refractivity contribution >= 4 is 0 Å². The Kier molecular flexibility index (Phi) is 24.9. The van der Waals surface area contributed by atoms with Crippen LogP contribution in [0, 0.1) is 0 Å². The van der Waals surface area contributed by atoms with E-state index >= 15 is 0 Å². The molecule has 0 bridgehead atoms. The van der Waals surface area contributed by atoms with Crippen LogP contribution in [0.1, 0.15) is 24.2 Å². The van der Waals surface area contributed by atoms with Crippen molar-refractivity contribution in [3.63, 3.8) is 0 Å². The van der Waals surface area contributed by atoms with Crippen LogP contribution in [-0.4, -0.2) is 350 Å². The van der Waals surface area contributed by atoms with Crippen LogP contribution in [0.3, 0.4) is 0 Å². The van der Waals surface area contributed by atoms with Gasteiger partial charge in [-0.05, 0) is 12.8 Å². The van der Waals surface area contributed by atoms with Crippen molar-refractivity contribution in [1.82, 2.24) is 30.0 Å². The predicted molar refractivity (Wildman–Crippen MR) is 311 cm³/mol. The van der Waals surface area contributed by atoms with E-state index in [1.807, 2.05) is 0 Å². The summed E-state index contributed by atoms with van der Waals surface area (Å²) in [6.45, 7) is -1.77. The highest BCUT2D eigenvalue weighted by molar-refractivity contribution is 5.06. The van der Waals surface area contributed by atoms with Crippen molar-refractivity contribution < 1.29 is 123 Å². The summed E-state index contributed by atoms with van der Waals surface area (Å²) in [4.78, 5) is 0. The maximum atomic E-state index is 12.0. The second kappa shape index (κ2) is 31.8. The van der Waals surface area contributed by atoms with Crippen molar-refractivity contribution in [3.05, 3.63) is 23.8 Å². The zero-order valence-electron chi connectivity index (χ0n) is 51.5. The van der Waals surface area contributed by atoms with E-state index in [0.717, 1.165) is 0 Å². The monoisotopic (exact) mass is 1370 g/mol. The lowest BCUT2D eigenvalue weighted by Gasteiger charge is -2.47. The second-order valence-electron chi connectivity index (χ2n) is 25.5. The Balaban J connectivity index is 0.812. The molecular formula is C52H96N18O25. The minimum absolute atomic E-state index is 0.00310. The third-order valence-electron chi connectivity index (χ3n) is 18.8. The average molecular weight is 1370 g/mol. The highest BCUT2D eigenvalue weighted by Gasteiger charge is 2.58. The van der Waals surface area contributed by atoms with Crippen LogP contribution < -0.4 is 68.8 Å². The predicted octanol–water partition coefficient (Wildman–Crippen LogP) is -17.2. The van der Waals surface area contributed by atoms with Gasteiger partial charge in [0.05, 0.1) is 75.1 Å². The Morgan fingerprint density at radius 3 is 0.905 bits per heavy atom. The van der Waals surface area contributed by atoms with Gasteiger partial charge >= 0.3 is 0 Å². The first-order valence-electron chi connectivity index (χ1n) is 31.4. The van der Waals surface area contributed by atoms with Crippen LogP contribution in [0.4, 0.5) is 0 Å². The number of aliphatic hydroxyl groups is 12. The van der Waals surface area contributed by atoms with Crippen LogP contribution in [-0.2, 0) is 87.9 Å². The van der Waals surface area contributed by atoms with Gasteiger partial charge in [-0.1, -0.05) is 10.4 Å². The molecule has 0 spiro atoms. The van der Waals surface area contributed by atoms with E-state index in [2.05, 4.69) is 20.6 Å². The quantitative estimate of drug-likeness (QED) is 0.0464. The summed E-state index contributed by atoms with van der Waals surface area (Å²) in [6, 6.07) is -9.30. The topological polar surface area (TPSA) is 736 Å². The van der Waals surface area contributed by atoms with E-state index in [0.29, 0.717) is 0 Å². The fourth-order valence-electron chi connectivity index (χ4n) is 13.1. The van der Waals surface area contributed by atoms with Gasteiger partial charge in [-0.3, -0.25) is 0 Å². The van der Waals surface area contributed by atoms with E-state index in [-0.39, 0.29) is 76.7 Å². The number of nitrogens with two attached hydrogens (primary N) is 12. The summed E-state index contributed by atoms with van der Waals surface area (Å²) in [7, 11) is 0. The van der Waals surface area contributed by atoms with E-state index in [9.17, 15) is 61.3 Å². The molecule has 2 aromatic heterocycles. The molecule has 8 heterocycles. The molecule has 0 aromatic carbocycles. The Morgan fingerprint density at radius 2 is 0.611 bits per heavy atom. The van der Waals surface area contributed by atoms with E-state index < -0.39 is 233 Å². The Morgan fingerprint density at radius 1 is 0.337 bits per heavy atom. The first kappa shape index (κ1) is 74.5. The maximum absolute atomic E-state index is 12.0. The highest BCUT2D eigenvalue weighted by Crippen LogP contribution is 2.38. The molecule has 43 heteroatoms. The zero-order chi connectivity index (χ0) is 68.8. The van der Waals surface area contributed by atoms with Crippen LogP contribution in [0.2, 0.25) is 0 Å². The molecule has 0 unspecified atom stereocenters. The molecule has 2 saturated carbocycles. The van der Waals surface area contributed by atoms with E-state index in [1.54, 1.807) is 0 Å². The molecule has 2 aromatic rings. The number of hydrogen-bond acceptors (Lipinski definition) is 41. The first-order valence-corrected chi connectivity index (χ1v) is 31.4. The molecule has 0 radical (unpaired) electrons. The summed E-state index contributed by atoms with van der Waals surface area (Å²) >= 11 is 0. The van der Waals surface area contributed by atoms with E-state index in [1.165, 1.54) is 21.8 Å². The van der Waals surface area contributed by atoms with Gasteiger partial charge < -0.3 is 192 Å². The minimum Gasteiger partial charge on any atom is -0.389 e. The molecule has 544 valence electrons. The Hall–Kier alpha value is -3.20. The van der Waals surface area contributed by atoms with Crippen LogP contribution in [0.25, 0.3) is 0 Å². The normalized spacial score (nSPS) is 49.1. The van der Waals surface area contributed by atoms with Crippen molar-refractivity contribution in [3.8, 4) is 0 Å². The maximum Gasteiger partial charge on any atom is 0.187 e. The second-order valence-corrected chi connectivity index (χ2v) is 25.5. The number of nitrogens with zero attached hydrogens (tertiary/aromatic N) is 6. The molecular weight excluding hydrogens is 1280 g/mol. The van der Waals surface area contributed by atoms with Crippen molar-refractivity contribution in [2.75, 3.05) is 26.2 Å². The fourth-order valence-corrected chi connectivity index (χ4v) is 13.1. The lowest BCUT2D eigenvalue weighted by atomic mass is 9.84. The summed E-state index contributed by atoms with van der Waals surface area (Å²) in [5.74, 6) is 0. The molecule has 8 fully saturated rings. The van der Waals surface area contributed by atoms with Crippen molar-refractivity contribution in [2.45, 2.75) is 272 Å². The number of hydrogen-bond donors (Lipinski definition) is 24. The largest absolute Gasteiger partial charge is 0.389 e. The first-order chi connectivity index (χ1) is 45.2. The molecule has 10 rings (SSSR count). The fraction of sp³-hybridized carbons (Fsp3) is 0.923. The van der Waals surface area contributed by atoms with Gasteiger partial charge in [-0.2, -0.15) is 0 Å². The Bertz CT molecular complexity index is 2540. The number of aromatic nitrogens is 6. The molecule has 43 nitrogen and oxygen atoms in total. The minimum atomic E-state index is -1.74. The van der Waals surface area contributed by atoms with E-state index in [4.69, 9.17) is 130 Å². The lowest BCUT2D eigenvalue weighted by molar-refractivity contribution is -0.306. The lowest BCUT2D eigenvalue weighted by Crippen LogP contribution is -2.68. The summed E-state index contributed by atoms with van der Waals surface area (Å²) < 4.78 is 82.0. The molecule has 95 heavy (non-hydrogen) atoms. The number of ether oxygens (including phenoxy) is 13. The third kappa shape index (κ3) is 15.8. The van der Waals surface area contributed by atoms with Gasteiger partial charge in [0.25, 0.3) is 0 Å². The van der Waals surface area contributed by atoms with Crippen molar-refractivity contribution in [1.29, 1.82) is 0 Å². The van der Waals surface area contributed by atoms with Gasteiger partial charge in [0.2, 0.25) is 0 Å². The summed E-state index contributed by atoms with van der Waals surface area (Å²) in [6.07, 6.45) is -40.2. The van der Waals surface area contributed by atoms with Crippen LogP contribution >= 0.6 is 0 Å². The number of rotatable bonds is 24. The number of aliphatic hydroxyl groups excluding tert-OH is 12. The standard InChI is InChI=1S/C52H96N18O25/c53-3-19-31(73)35(77)25(61)47(84-19)90-41-17(59)1-15(57)29(71)45(41)94-51-39(81)43(92-49-27(63)37(79)33(75)21(5-55)86-49)23(88-51)9-69-7-13(65-67-69)11-83-12-14-8-70(68-66-14)10-24-44(93-50-28(64)38(80)34(76)22(6-56)87-50)40(82)52(89-24)95-46-30(72)16(58)2-18(60)42(46)91-48-26(62)36(78)32(74)20(4-54)85-48/h7-8,15-52,71-82H,1-6,9-12,53-64H2/t15-,16-,17+,18+,19-,20-,21+,22+,23-,24-,25-,26-,27-,28-,29+,30+,31-,32-,33-,34-,35-,36-,37-,38-,39-,40-,41-,42-,43-,44-,45-,46-,47-,48-,49-,50-,51+,52+/m1/s1. The SMILES string of the molecule is NC[C@@H]1O[C@H](O[C@H]2[C@@H](O)[C@H](O[C@@H]3[C@@H](O)[C@H](N)C[C@H](N)[C@H]3O[C@H]3O[C@H](CN)[C@@H](O)[C@H](O)[C@H]3N)O[C@@H]2Cn2cc(COCc3cn(C[C@H]4O[C@@H](O[C@@H]5[C@@H](O)[C@H](N)C[C@H](N)[C@H]5O[C@H]5O[C@H](CN)[C@@H](O)[C@H](O)[C@H]5N)[C@H](O)[C@@H]4O[C@H]4O[C@@H](CN)[C@@H](O)[C@H](O)[C@H]4N)nn3)nn2)[C@H](N)[C@@H](O)[C@@H]1O. The molecule has 2 aliphatic carbocycles. The molecule has 38 atom stereocenters. The summed E-state index contributed by atoms with van der Waals surface area (Å²) in [5.41, 5.74) is 74.5. The average Bonchev–Trinajstić information content (AvgIpc) is 1.76. The smallest absolute Gasteiger partial charge is 0.187 e. The van der Waals surface area contributed by atoms with Gasteiger partial charge in [0, 0.05) is 50.3 Å². The molecule has 36 N–H and O–H groups in total. The van der Waals surface area contributed by atoms with Crippen LogP contribution in [0.15, 0.2) is 12.4 Å². The summed E-state index contributed by atoms with van der Waals surface area (Å²) in [5, 5.41) is 149. The molecule has 0 amide bonds. The highest BCUT2D eigenvalue weighted by atomic mass is 16.8. The van der Waals surface area contributed by atoms with Crippen molar-refractivity contribution in [2.24, 2.45) is 68.8 Å². The Labute approximate surface area is 542 Å². The molecule has 6 aliphatic heterocycles. The van der Waals surface area contributed by atoms with Gasteiger partial charge in [0.15, 0.2) is 37.7 Å². The zero-order valence-corrected chi connectivity index (χ0v) is 51.5. The molecule has 8 aliphatic rings. The van der Waals surface area contributed by atoms with Gasteiger partial charge in [-0.25, -0.2) is 9.36 Å².